The monoisotopic (exact) mass is 500 g/mol. The van der Waals surface area contributed by atoms with Crippen LogP contribution < -0.4 is 11.1 Å². The molecule has 35 heavy (non-hydrogen) atoms. The number of amides is 1. The number of esters is 1. The van der Waals surface area contributed by atoms with Gasteiger partial charge < -0.3 is 55.3 Å². The molecule has 2 aromatic rings. The van der Waals surface area contributed by atoms with Crippen LogP contribution in [-0.4, -0.2) is 86.6 Å². The third-order valence-corrected chi connectivity index (χ3v) is 5.35. The van der Waals surface area contributed by atoms with Gasteiger partial charge in [-0.2, -0.15) is 0 Å². The minimum absolute atomic E-state index is 0.0311. The molecule has 1 amide bonds. The number of rotatable bonds is 12. The van der Waals surface area contributed by atoms with Crippen molar-refractivity contribution in [2.75, 3.05) is 19.7 Å². The van der Waals surface area contributed by atoms with Crippen molar-refractivity contribution in [3.63, 3.8) is 0 Å². The van der Waals surface area contributed by atoms with Gasteiger partial charge in [0.2, 0.25) is 0 Å². The van der Waals surface area contributed by atoms with Crippen LogP contribution in [-0.2, 0) is 4.74 Å². The van der Waals surface area contributed by atoms with Gasteiger partial charge in [-0.25, -0.2) is 4.79 Å². The first kappa shape index (κ1) is 28.5. The Hall–Kier alpha value is -2.78. The molecular weight excluding hydrogens is 468 g/mol. The summed E-state index contributed by atoms with van der Waals surface area (Å²) in [6, 6.07) is 2.35. The summed E-state index contributed by atoms with van der Waals surface area (Å²) in [5.41, 5.74) is 5.28. The van der Waals surface area contributed by atoms with E-state index in [4.69, 9.17) is 19.3 Å². The number of hydrogen-bond donors (Lipinski definition) is 8. The average molecular weight is 501 g/mol. The first-order valence-electron chi connectivity index (χ1n) is 10.9. The number of aliphatic hydroxyl groups is 6. The highest BCUT2D eigenvalue weighted by molar-refractivity contribution is 5.95. The zero-order chi connectivity index (χ0) is 26.4. The van der Waals surface area contributed by atoms with E-state index < -0.39 is 55.0 Å². The lowest BCUT2D eigenvalue weighted by Crippen LogP contribution is -2.41. The fourth-order valence-corrected chi connectivity index (χ4v) is 3.25. The van der Waals surface area contributed by atoms with Crippen LogP contribution in [0.5, 0.6) is 0 Å². The van der Waals surface area contributed by atoms with Crippen LogP contribution in [0.3, 0.4) is 0 Å². The molecular formula is C22H32N2O11. The van der Waals surface area contributed by atoms with Crippen LogP contribution in [0.2, 0.25) is 0 Å². The molecule has 0 aliphatic rings. The molecule has 9 N–H and O–H groups in total. The van der Waals surface area contributed by atoms with Gasteiger partial charge in [0.05, 0.1) is 18.3 Å². The fourth-order valence-electron chi connectivity index (χ4n) is 3.25. The van der Waals surface area contributed by atoms with Gasteiger partial charge in [-0.1, -0.05) is 0 Å². The summed E-state index contributed by atoms with van der Waals surface area (Å²) < 4.78 is 15.5. The SMILES string of the molecule is CCOC(=O)c1cc([C@@H](O)[C@H](O)[C@H](O)CNC(=O)c2cc([C@@H](O)[C@H](O)[C@H](O)CN)oc2C)oc1C. The van der Waals surface area contributed by atoms with E-state index in [1.807, 2.05) is 0 Å². The first-order chi connectivity index (χ1) is 16.4. The number of carbonyl (C=O) groups is 2. The molecule has 0 aliphatic heterocycles. The van der Waals surface area contributed by atoms with Crippen molar-refractivity contribution in [1.29, 1.82) is 0 Å². The number of furan rings is 2. The quantitative estimate of drug-likeness (QED) is 0.157. The Kier molecular flexibility index (Phi) is 9.97. The molecule has 13 heteroatoms. The molecule has 0 unspecified atom stereocenters. The van der Waals surface area contributed by atoms with Crippen molar-refractivity contribution in [2.45, 2.75) is 57.4 Å². The summed E-state index contributed by atoms with van der Waals surface area (Å²) in [6.07, 6.45) is -9.84. The van der Waals surface area contributed by atoms with E-state index in [1.54, 1.807) is 6.92 Å². The number of aryl methyl sites for hydroxylation is 2. The highest BCUT2D eigenvalue weighted by Crippen LogP contribution is 2.26. The van der Waals surface area contributed by atoms with Gasteiger partial charge in [-0.3, -0.25) is 4.79 Å². The van der Waals surface area contributed by atoms with Gasteiger partial charge >= 0.3 is 5.97 Å². The number of carbonyl (C=O) groups excluding carboxylic acids is 2. The Balaban J connectivity index is 2.01. The summed E-state index contributed by atoms with van der Waals surface area (Å²) in [4.78, 5) is 24.4. The molecule has 0 spiro atoms. The van der Waals surface area contributed by atoms with Crippen LogP contribution in [0, 0.1) is 13.8 Å². The fraction of sp³-hybridized carbons (Fsp3) is 0.545. The van der Waals surface area contributed by atoms with E-state index in [9.17, 15) is 40.2 Å². The first-order valence-corrected chi connectivity index (χ1v) is 10.9. The molecule has 0 radical (unpaired) electrons. The van der Waals surface area contributed by atoms with Crippen molar-refractivity contribution in [1.82, 2.24) is 5.32 Å². The van der Waals surface area contributed by atoms with Crippen molar-refractivity contribution in [2.24, 2.45) is 5.73 Å². The van der Waals surface area contributed by atoms with Crippen molar-refractivity contribution < 1.29 is 53.8 Å². The number of ether oxygens (including phenoxy) is 1. The van der Waals surface area contributed by atoms with Gasteiger partial charge in [-0.05, 0) is 32.9 Å². The standard InChI is InChI=1S/C22H32N2O11/c1-4-33-22(32)12-6-16(35-10(12)3)20(30)18(28)14(26)8-24-21(31)11-5-15(34-9(11)2)19(29)17(27)13(25)7-23/h5-6,13-14,17-20,25-30H,4,7-8,23H2,1-3H3,(H,24,31)/t13-,14-,17-,18-,19-,20-/m1/s1. The van der Waals surface area contributed by atoms with Crippen molar-refractivity contribution >= 4 is 11.9 Å². The minimum Gasteiger partial charge on any atom is -0.463 e. The number of hydrogen-bond acceptors (Lipinski definition) is 12. The lowest BCUT2D eigenvalue weighted by atomic mass is 10.0. The van der Waals surface area contributed by atoms with Gasteiger partial charge in [0.15, 0.2) is 0 Å². The Bertz CT molecular complexity index is 1000. The highest BCUT2D eigenvalue weighted by atomic mass is 16.5. The lowest BCUT2D eigenvalue weighted by Gasteiger charge is -2.21. The van der Waals surface area contributed by atoms with E-state index in [1.165, 1.54) is 19.9 Å². The summed E-state index contributed by atoms with van der Waals surface area (Å²) in [5, 5.41) is 62.8. The molecule has 2 aromatic heterocycles. The molecule has 0 saturated heterocycles. The second-order valence-corrected chi connectivity index (χ2v) is 7.91. The molecule has 13 nitrogen and oxygen atoms in total. The highest BCUT2D eigenvalue weighted by Gasteiger charge is 2.32. The van der Waals surface area contributed by atoms with Gasteiger partial charge in [-0.15, -0.1) is 0 Å². The van der Waals surface area contributed by atoms with Crippen LogP contribution in [0.15, 0.2) is 21.0 Å². The number of aliphatic hydroxyl groups excluding tert-OH is 6. The Morgan fingerprint density at radius 1 is 0.914 bits per heavy atom. The molecule has 0 saturated carbocycles. The zero-order valence-corrected chi connectivity index (χ0v) is 19.5. The van der Waals surface area contributed by atoms with E-state index in [2.05, 4.69) is 5.32 Å². The zero-order valence-electron chi connectivity index (χ0n) is 19.5. The van der Waals surface area contributed by atoms with E-state index in [0.29, 0.717) is 0 Å². The molecule has 0 aromatic carbocycles. The maximum absolute atomic E-state index is 12.5. The third kappa shape index (κ3) is 6.67. The predicted octanol–water partition coefficient (Wildman–Crippen LogP) is -1.43. The smallest absolute Gasteiger partial charge is 0.341 e. The second kappa shape index (κ2) is 12.3. The largest absolute Gasteiger partial charge is 0.463 e. The molecule has 2 heterocycles. The summed E-state index contributed by atoms with van der Waals surface area (Å²) in [7, 11) is 0. The van der Waals surface area contributed by atoms with E-state index in [0.717, 1.165) is 6.07 Å². The van der Waals surface area contributed by atoms with Gasteiger partial charge in [0, 0.05) is 13.1 Å². The summed E-state index contributed by atoms with van der Waals surface area (Å²) in [5.74, 6) is -1.53. The molecule has 0 bridgehead atoms. The predicted molar refractivity (Wildman–Crippen MR) is 118 cm³/mol. The molecule has 0 aliphatic carbocycles. The Morgan fingerprint density at radius 2 is 1.40 bits per heavy atom. The van der Waals surface area contributed by atoms with Crippen LogP contribution in [0.4, 0.5) is 0 Å². The molecule has 2 rings (SSSR count). The summed E-state index contributed by atoms with van der Waals surface area (Å²) in [6.45, 7) is 3.86. The maximum atomic E-state index is 12.5. The van der Waals surface area contributed by atoms with Gasteiger partial charge in [0.1, 0.15) is 59.1 Å². The van der Waals surface area contributed by atoms with Crippen molar-refractivity contribution in [3.05, 3.63) is 46.3 Å². The van der Waals surface area contributed by atoms with Gasteiger partial charge in [0.25, 0.3) is 5.91 Å². The Labute approximate surface area is 200 Å². The maximum Gasteiger partial charge on any atom is 0.341 e. The Morgan fingerprint density at radius 3 is 1.91 bits per heavy atom. The van der Waals surface area contributed by atoms with E-state index >= 15 is 0 Å². The average Bonchev–Trinajstić information content (AvgIpc) is 3.42. The molecule has 6 atom stereocenters. The minimum atomic E-state index is -1.79. The van der Waals surface area contributed by atoms with Crippen LogP contribution in [0.25, 0.3) is 0 Å². The topological polar surface area (TPSA) is 229 Å². The number of nitrogens with one attached hydrogen (secondary N) is 1. The lowest BCUT2D eigenvalue weighted by molar-refractivity contribution is -0.0661. The number of nitrogens with two attached hydrogens (primary N) is 1. The second-order valence-electron chi connectivity index (χ2n) is 7.91. The third-order valence-electron chi connectivity index (χ3n) is 5.35. The summed E-state index contributed by atoms with van der Waals surface area (Å²) >= 11 is 0. The van der Waals surface area contributed by atoms with E-state index in [-0.39, 0.29) is 47.3 Å². The normalized spacial score (nSPS) is 16.7. The molecule has 196 valence electrons. The van der Waals surface area contributed by atoms with Crippen LogP contribution >= 0.6 is 0 Å². The van der Waals surface area contributed by atoms with Crippen molar-refractivity contribution in [3.8, 4) is 0 Å². The molecule has 0 fully saturated rings. The van der Waals surface area contributed by atoms with Crippen LogP contribution in [0.1, 0.15) is 62.9 Å².